The van der Waals surface area contributed by atoms with Gasteiger partial charge in [0.1, 0.15) is 17.6 Å². The van der Waals surface area contributed by atoms with E-state index in [1.165, 1.54) is 6.33 Å². The third-order valence-electron chi connectivity index (χ3n) is 4.62. The van der Waals surface area contributed by atoms with Gasteiger partial charge in [-0.1, -0.05) is 12.1 Å². The lowest BCUT2D eigenvalue weighted by Gasteiger charge is -2.25. The Kier molecular flexibility index (Phi) is 3.14. The number of carbonyl (C=O) groups excluding carboxylic acids is 1. The summed E-state index contributed by atoms with van der Waals surface area (Å²) >= 11 is 0. The number of amides is 1. The Morgan fingerprint density at radius 2 is 2.09 bits per heavy atom. The Morgan fingerprint density at radius 1 is 1.30 bits per heavy atom. The first-order chi connectivity index (χ1) is 11.1. The number of nitrogens with zero attached hydrogens (tertiary/aromatic N) is 2. The van der Waals surface area contributed by atoms with Gasteiger partial charge in [0.2, 0.25) is 0 Å². The zero-order chi connectivity index (χ0) is 16.0. The summed E-state index contributed by atoms with van der Waals surface area (Å²) in [5.41, 5.74) is 7.76. The number of carbonyl (C=O) groups is 1. The molecule has 0 unspecified atom stereocenters. The fourth-order valence-electron chi connectivity index (χ4n) is 3.37. The summed E-state index contributed by atoms with van der Waals surface area (Å²) < 4.78 is 14.1. The van der Waals surface area contributed by atoms with Gasteiger partial charge in [-0.2, -0.15) is 0 Å². The van der Waals surface area contributed by atoms with Crippen LogP contribution in [0.15, 0.2) is 30.7 Å². The van der Waals surface area contributed by atoms with Crippen LogP contribution in [0.4, 0.5) is 4.39 Å². The summed E-state index contributed by atoms with van der Waals surface area (Å²) in [6, 6.07) is 5.78. The van der Waals surface area contributed by atoms with E-state index in [-0.39, 0.29) is 11.6 Å². The molecule has 1 aromatic carbocycles. The molecule has 0 saturated carbocycles. The number of rotatable bonds is 2. The summed E-state index contributed by atoms with van der Waals surface area (Å²) in [7, 11) is 0. The van der Waals surface area contributed by atoms with Gasteiger partial charge in [0.25, 0.3) is 5.91 Å². The molecule has 23 heavy (non-hydrogen) atoms. The van der Waals surface area contributed by atoms with E-state index in [4.69, 9.17) is 0 Å². The molecule has 0 radical (unpaired) electrons. The van der Waals surface area contributed by atoms with Crippen molar-refractivity contribution in [3.8, 4) is 0 Å². The van der Waals surface area contributed by atoms with Gasteiger partial charge >= 0.3 is 0 Å². The third-order valence-corrected chi connectivity index (χ3v) is 4.62. The molecule has 7 heteroatoms. The van der Waals surface area contributed by atoms with Crippen LogP contribution in [0.1, 0.15) is 40.0 Å². The van der Waals surface area contributed by atoms with E-state index in [0.717, 1.165) is 30.4 Å². The minimum Gasteiger partial charge on any atom is -0.337 e. The predicted molar refractivity (Wildman–Crippen MR) is 81.1 cm³/mol. The second-order valence-electron chi connectivity index (χ2n) is 6.06. The quantitative estimate of drug-likeness (QED) is 0.765. The van der Waals surface area contributed by atoms with E-state index >= 15 is 0 Å². The van der Waals surface area contributed by atoms with Crippen LogP contribution < -0.4 is 16.2 Å². The van der Waals surface area contributed by atoms with E-state index in [2.05, 4.69) is 26.1 Å². The molecule has 1 saturated heterocycles. The standard InChI is InChI=1S/C16H16FN5O/c1-16(14-13(17)7-18-8-19-14)12-3-2-9(10-5-20-21-6-10)4-11(12)15(23)22-16/h2-4,7-8,10,20-21H,5-6H2,1H3,(H,22,23)/t16-/m0/s1. The minimum absolute atomic E-state index is 0.177. The van der Waals surface area contributed by atoms with Crippen LogP contribution >= 0.6 is 0 Å². The monoisotopic (exact) mass is 313 g/mol. The normalized spacial score (nSPS) is 23.8. The van der Waals surface area contributed by atoms with Gasteiger partial charge in [0, 0.05) is 24.6 Å². The lowest BCUT2D eigenvalue weighted by molar-refractivity contribution is 0.0943. The van der Waals surface area contributed by atoms with Gasteiger partial charge in [0.15, 0.2) is 5.82 Å². The van der Waals surface area contributed by atoms with Crippen molar-refractivity contribution >= 4 is 5.91 Å². The second kappa shape index (κ2) is 5.07. The topological polar surface area (TPSA) is 78.9 Å². The highest BCUT2D eigenvalue weighted by molar-refractivity contribution is 6.00. The third kappa shape index (κ3) is 2.12. The lowest BCUT2D eigenvalue weighted by atomic mass is 9.86. The number of hydrogen-bond donors (Lipinski definition) is 3. The van der Waals surface area contributed by atoms with Crippen LogP contribution in [0.2, 0.25) is 0 Å². The van der Waals surface area contributed by atoms with Crippen LogP contribution in [0.5, 0.6) is 0 Å². The SMILES string of the molecule is C[C@]1(c2ncncc2F)NC(=O)c2cc(C3CNNC3)ccc21. The molecule has 1 atom stereocenters. The molecule has 1 fully saturated rings. The number of hydrogen-bond acceptors (Lipinski definition) is 5. The Morgan fingerprint density at radius 3 is 2.83 bits per heavy atom. The first-order valence-corrected chi connectivity index (χ1v) is 7.48. The number of fused-ring (bicyclic) bond motifs is 1. The Labute approximate surface area is 132 Å². The van der Waals surface area contributed by atoms with Crippen molar-refractivity contribution in [1.82, 2.24) is 26.1 Å². The van der Waals surface area contributed by atoms with E-state index in [0.29, 0.717) is 11.5 Å². The molecule has 118 valence electrons. The van der Waals surface area contributed by atoms with Gasteiger partial charge < -0.3 is 5.32 Å². The second-order valence-corrected chi connectivity index (χ2v) is 6.06. The fourth-order valence-corrected chi connectivity index (χ4v) is 3.37. The number of aromatic nitrogens is 2. The Balaban J connectivity index is 1.81. The maximum absolute atomic E-state index is 14.1. The predicted octanol–water partition coefficient (Wildman–Crippen LogP) is 0.814. The molecule has 1 amide bonds. The lowest BCUT2D eigenvalue weighted by Crippen LogP contribution is -2.39. The van der Waals surface area contributed by atoms with E-state index in [1.54, 1.807) is 6.92 Å². The molecule has 2 aromatic rings. The van der Waals surface area contributed by atoms with Crippen molar-refractivity contribution < 1.29 is 9.18 Å². The molecule has 3 heterocycles. The summed E-state index contributed by atoms with van der Waals surface area (Å²) in [5, 5.41) is 2.87. The van der Waals surface area contributed by atoms with E-state index < -0.39 is 11.4 Å². The van der Waals surface area contributed by atoms with Gasteiger partial charge in [-0.05, 0) is 24.1 Å². The van der Waals surface area contributed by atoms with Crippen LogP contribution in [0.3, 0.4) is 0 Å². The summed E-state index contributed by atoms with van der Waals surface area (Å²) in [6.45, 7) is 3.40. The molecule has 1 aromatic heterocycles. The average molecular weight is 313 g/mol. The maximum Gasteiger partial charge on any atom is 0.252 e. The van der Waals surface area contributed by atoms with Crippen molar-refractivity contribution in [3.63, 3.8) is 0 Å². The molecular formula is C16H16FN5O. The molecule has 4 rings (SSSR count). The number of halogens is 1. The van der Waals surface area contributed by atoms with E-state index in [9.17, 15) is 9.18 Å². The molecule has 6 nitrogen and oxygen atoms in total. The molecule has 2 aliphatic rings. The summed E-state index contributed by atoms with van der Waals surface area (Å²) in [6.07, 6.45) is 2.40. The highest BCUT2D eigenvalue weighted by atomic mass is 19.1. The molecule has 0 aliphatic carbocycles. The van der Waals surface area contributed by atoms with Gasteiger partial charge in [-0.15, -0.1) is 0 Å². The highest BCUT2D eigenvalue weighted by Gasteiger charge is 2.43. The zero-order valence-electron chi connectivity index (χ0n) is 12.6. The summed E-state index contributed by atoms with van der Waals surface area (Å²) in [5.74, 6) is -0.423. The molecule has 0 bridgehead atoms. The first kappa shape index (κ1) is 14.2. The molecular weight excluding hydrogens is 297 g/mol. The van der Waals surface area contributed by atoms with Crippen molar-refractivity contribution in [2.45, 2.75) is 18.4 Å². The Bertz CT molecular complexity index is 790. The van der Waals surface area contributed by atoms with Gasteiger partial charge in [-0.3, -0.25) is 15.6 Å². The van der Waals surface area contributed by atoms with Crippen LogP contribution in [-0.2, 0) is 5.54 Å². The van der Waals surface area contributed by atoms with Crippen molar-refractivity contribution in [1.29, 1.82) is 0 Å². The smallest absolute Gasteiger partial charge is 0.252 e. The fraction of sp³-hybridized carbons (Fsp3) is 0.312. The zero-order valence-corrected chi connectivity index (χ0v) is 12.6. The van der Waals surface area contributed by atoms with Crippen LogP contribution in [0.25, 0.3) is 0 Å². The number of hydrazine groups is 1. The first-order valence-electron chi connectivity index (χ1n) is 7.48. The largest absolute Gasteiger partial charge is 0.337 e. The van der Waals surface area contributed by atoms with Crippen molar-refractivity contribution in [3.05, 3.63) is 58.9 Å². The molecule has 3 N–H and O–H groups in total. The van der Waals surface area contributed by atoms with Gasteiger partial charge in [0.05, 0.1) is 6.20 Å². The Hall–Kier alpha value is -2.38. The van der Waals surface area contributed by atoms with E-state index in [1.807, 2.05) is 18.2 Å². The van der Waals surface area contributed by atoms with Crippen LogP contribution in [-0.4, -0.2) is 29.0 Å². The minimum atomic E-state index is -0.982. The number of benzene rings is 1. The average Bonchev–Trinajstić information content (AvgIpc) is 3.16. The van der Waals surface area contributed by atoms with Crippen molar-refractivity contribution in [2.24, 2.45) is 0 Å². The van der Waals surface area contributed by atoms with Crippen molar-refractivity contribution in [2.75, 3.05) is 13.1 Å². The molecule has 0 spiro atoms. The van der Waals surface area contributed by atoms with Crippen LogP contribution in [0, 0.1) is 5.82 Å². The maximum atomic E-state index is 14.1. The van der Waals surface area contributed by atoms with Gasteiger partial charge in [-0.25, -0.2) is 14.4 Å². The number of nitrogens with one attached hydrogen (secondary N) is 3. The molecule has 2 aliphatic heterocycles. The highest BCUT2D eigenvalue weighted by Crippen LogP contribution is 2.37. The summed E-state index contributed by atoms with van der Waals surface area (Å²) in [4.78, 5) is 20.1.